The van der Waals surface area contributed by atoms with Gasteiger partial charge in [0.1, 0.15) is 11.0 Å². The maximum absolute atomic E-state index is 12.2. The van der Waals surface area contributed by atoms with Crippen LogP contribution in [0.15, 0.2) is 28.7 Å². The van der Waals surface area contributed by atoms with Gasteiger partial charge in [-0.25, -0.2) is 0 Å². The van der Waals surface area contributed by atoms with E-state index in [0.29, 0.717) is 11.6 Å². The molecule has 0 saturated heterocycles. The number of anilines is 2. The van der Waals surface area contributed by atoms with Crippen LogP contribution in [0.2, 0.25) is 0 Å². The lowest BCUT2D eigenvalue weighted by Crippen LogP contribution is -2.34. The van der Waals surface area contributed by atoms with E-state index in [0.717, 1.165) is 15.2 Å². The van der Waals surface area contributed by atoms with E-state index in [1.807, 2.05) is 38.1 Å². The van der Waals surface area contributed by atoms with Crippen LogP contribution in [0.25, 0.3) is 0 Å². The van der Waals surface area contributed by atoms with E-state index in [2.05, 4.69) is 36.8 Å². The molecule has 1 atom stereocenters. The third-order valence-electron chi connectivity index (χ3n) is 2.67. The molecule has 0 bridgehead atoms. The van der Waals surface area contributed by atoms with Crippen LogP contribution in [0.3, 0.4) is 0 Å². The number of hydrogen-bond acceptors (Lipinski definition) is 5. The Balaban J connectivity index is 2.00. The van der Waals surface area contributed by atoms with Crippen molar-refractivity contribution in [3.8, 4) is 0 Å². The number of amides is 1. The summed E-state index contributed by atoms with van der Waals surface area (Å²) in [5.41, 5.74) is 0.906. The molecule has 20 heavy (non-hydrogen) atoms. The van der Waals surface area contributed by atoms with Gasteiger partial charge in [-0.2, -0.15) is 0 Å². The minimum atomic E-state index is -0.305. The Kier molecular flexibility index (Phi) is 5.08. The van der Waals surface area contributed by atoms with Gasteiger partial charge in [0.15, 0.2) is 0 Å². The number of nitrogens with zero attached hydrogens (tertiary/aromatic N) is 2. The first-order chi connectivity index (χ1) is 9.58. The number of nitrogens with one attached hydrogen (secondary N) is 2. The van der Waals surface area contributed by atoms with Crippen LogP contribution < -0.4 is 10.6 Å². The predicted octanol–water partition coefficient (Wildman–Crippen LogP) is 3.44. The molecule has 0 unspecified atom stereocenters. The molecule has 2 rings (SSSR count). The van der Waals surface area contributed by atoms with E-state index in [-0.39, 0.29) is 11.9 Å². The average Bonchev–Trinajstić information content (AvgIpc) is 2.83. The van der Waals surface area contributed by atoms with Gasteiger partial charge in [0.25, 0.3) is 0 Å². The van der Waals surface area contributed by atoms with Crippen LogP contribution in [0, 0.1) is 6.92 Å². The summed E-state index contributed by atoms with van der Waals surface area (Å²) in [6.45, 7) is 3.81. The summed E-state index contributed by atoms with van der Waals surface area (Å²) in [6, 6.07) is 7.41. The molecular formula is C13H15BrN4OS. The summed E-state index contributed by atoms with van der Waals surface area (Å²) in [4.78, 5) is 12.2. The lowest BCUT2D eigenvalue weighted by atomic mass is 10.2. The Hall–Kier alpha value is -1.47. The standard InChI is InChI=1S/C13H15BrN4OS/c1-3-11(15-10-6-4-9(14)5-7-10)12(19)16-13-18-17-8(2)20-13/h4-7,11,15H,3H2,1-2H3,(H,16,18,19)/t11-/m0/s1. The number of carbonyl (C=O) groups is 1. The van der Waals surface area contributed by atoms with Crippen molar-refractivity contribution in [2.24, 2.45) is 0 Å². The molecule has 0 aliphatic rings. The van der Waals surface area contributed by atoms with E-state index in [9.17, 15) is 4.79 Å². The molecule has 0 saturated carbocycles. The van der Waals surface area contributed by atoms with Gasteiger partial charge in [0.05, 0.1) is 0 Å². The van der Waals surface area contributed by atoms with Crippen LogP contribution in [0.5, 0.6) is 0 Å². The van der Waals surface area contributed by atoms with E-state index in [4.69, 9.17) is 0 Å². The second-order valence-electron chi connectivity index (χ2n) is 4.23. The van der Waals surface area contributed by atoms with E-state index < -0.39 is 0 Å². The molecule has 7 heteroatoms. The minimum absolute atomic E-state index is 0.105. The van der Waals surface area contributed by atoms with Gasteiger partial charge in [0.2, 0.25) is 11.0 Å². The average molecular weight is 355 g/mol. The van der Waals surface area contributed by atoms with Crippen LogP contribution in [-0.2, 0) is 4.79 Å². The summed E-state index contributed by atoms with van der Waals surface area (Å²) < 4.78 is 1.00. The second-order valence-corrected chi connectivity index (χ2v) is 6.32. The van der Waals surface area contributed by atoms with Crippen molar-refractivity contribution in [2.75, 3.05) is 10.6 Å². The Bertz CT molecular complexity index is 584. The first-order valence-corrected chi connectivity index (χ1v) is 7.82. The molecule has 0 radical (unpaired) electrons. The number of halogens is 1. The zero-order valence-electron chi connectivity index (χ0n) is 11.2. The topological polar surface area (TPSA) is 66.9 Å². The molecule has 1 aromatic heterocycles. The molecule has 1 aromatic carbocycles. The number of aryl methyl sites for hydroxylation is 1. The van der Waals surface area contributed by atoms with Gasteiger partial charge >= 0.3 is 0 Å². The quantitative estimate of drug-likeness (QED) is 0.862. The minimum Gasteiger partial charge on any atom is -0.374 e. The lowest BCUT2D eigenvalue weighted by molar-refractivity contribution is -0.117. The normalized spacial score (nSPS) is 11.9. The van der Waals surface area contributed by atoms with Crippen molar-refractivity contribution in [2.45, 2.75) is 26.3 Å². The predicted molar refractivity (Wildman–Crippen MR) is 85.1 cm³/mol. The fourth-order valence-corrected chi connectivity index (χ4v) is 2.50. The second kappa shape index (κ2) is 6.81. The highest BCUT2D eigenvalue weighted by atomic mass is 79.9. The largest absolute Gasteiger partial charge is 0.374 e. The SMILES string of the molecule is CC[C@H](Nc1ccc(Br)cc1)C(=O)Nc1nnc(C)s1. The Morgan fingerprint density at radius 1 is 1.35 bits per heavy atom. The lowest BCUT2D eigenvalue weighted by Gasteiger charge is -2.17. The smallest absolute Gasteiger partial charge is 0.248 e. The maximum atomic E-state index is 12.2. The highest BCUT2D eigenvalue weighted by molar-refractivity contribution is 9.10. The number of hydrogen-bond donors (Lipinski definition) is 2. The molecule has 0 aliphatic carbocycles. The van der Waals surface area contributed by atoms with Gasteiger partial charge in [-0.3, -0.25) is 10.1 Å². The molecule has 0 fully saturated rings. The first-order valence-electron chi connectivity index (χ1n) is 6.21. The van der Waals surface area contributed by atoms with Crippen molar-refractivity contribution >= 4 is 44.0 Å². The molecule has 2 aromatic rings. The Morgan fingerprint density at radius 3 is 2.60 bits per heavy atom. The first kappa shape index (κ1) is 14.9. The van der Waals surface area contributed by atoms with Gasteiger partial charge in [-0.15, -0.1) is 10.2 Å². The molecule has 106 valence electrons. The molecular weight excluding hydrogens is 340 g/mol. The van der Waals surface area contributed by atoms with Crippen molar-refractivity contribution in [1.29, 1.82) is 0 Å². The number of carbonyl (C=O) groups excluding carboxylic acids is 1. The number of aromatic nitrogens is 2. The van der Waals surface area contributed by atoms with Crippen LogP contribution >= 0.6 is 27.3 Å². The van der Waals surface area contributed by atoms with E-state index in [1.165, 1.54) is 11.3 Å². The fraction of sp³-hybridized carbons (Fsp3) is 0.308. The Labute approximate surface area is 129 Å². The maximum Gasteiger partial charge on any atom is 0.248 e. The van der Waals surface area contributed by atoms with Crippen molar-refractivity contribution in [3.05, 3.63) is 33.7 Å². The van der Waals surface area contributed by atoms with E-state index >= 15 is 0 Å². The molecule has 1 amide bonds. The third kappa shape index (κ3) is 4.01. The molecule has 5 nitrogen and oxygen atoms in total. The van der Waals surface area contributed by atoms with Crippen LogP contribution in [0.4, 0.5) is 10.8 Å². The van der Waals surface area contributed by atoms with E-state index in [1.54, 1.807) is 0 Å². The van der Waals surface area contributed by atoms with Gasteiger partial charge < -0.3 is 5.32 Å². The fourth-order valence-electron chi connectivity index (χ4n) is 1.64. The highest BCUT2D eigenvalue weighted by Crippen LogP contribution is 2.17. The monoisotopic (exact) mass is 354 g/mol. The molecule has 2 N–H and O–H groups in total. The molecule has 0 aliphatic heterocycles. The van der Waals surface area contributed by atoms with Gasteiger partial charge in [-0.05, 0) is 37.6 Å². The number of rotatable bonds is 5. The molecule has 1 heterocycles. The van der Waals surface area contributed by atoms with Crippen LogP contribution in [0.1, 0.15) is 18.4 Å². The highest BCUT2D eigenvalue weighted by Gasteiger charge is 2.17. The third-order valence-corrected chi connectivity index (χ3v) is 3.95. The zero-order chi connectivity index (χ0) is 14.5. The van der Waals surface area contributed by atoms with Gasteiger partial charge in [-0.1, -0.05) is 34.2 Å². The van der Waals surface area contributed by atoms with Crippen molar-refractivity contribution in [3.63, 3.8) is 0 Å². The molecule has 0 spiro atoms. The summed E-state index contributed by atoms with van der Waals surface area (Å²) in [7, 11) is 0. The summed E-state index contributed by atoms with van der Waals surface area (Å²) in [5.74, 6) is -0.105. The zero-order valence-corrected chi connectivity index (χ0v) is 13.6. The van der Waals surface area contributed by atoms with Crippen molar-refractivity contribution in [1.82, 2.24) is 10.2 Å². The Morgan fingerprint density at radius 2 is 2.05 bits per heavy atom. The van der Waals surface area contributed by atoms with Crippen molar-refractivity contribution < 1.29 is 4.79 Å². The van der Waals surface area contributed by atoms with Crippen LogP contribution in [-0.4, -0.2) is 22.1 Å². The summed E-state index contributed by atoms with van der Waals surface area (Å²) in [6.07, 6.45) is 0.680. The summed E-state index contributed by atoms with van der Waals surface area (Å²) in [5, 5.41) is 15.1. The van der Waals surface area contributed by atoms with Gasteiger partial charge in [0, 0.05) is 10.2 Å². The number of benzene rings is 1. The summed E-state index contributed by atoms with van der Waals surface area (Å²) >= 11 is 4.75.